The number of unbranched alkanes of at least 4 members (excludes halogenated alkanes) is 1. The monoisotopic (exact) mass is 369 g/mol. The standard InChI is InChI=1S/C16H29F2NO4S/c1-15(2,3)23-14(20)19(4)11-5-6-12-24(21,22)13-7-9-16(17,18)10-8-13/h13H,5-12H2,1-4H3. The van der Waals surface area contributed by atoms with Gasteiger partial charge >= 0.3 is 6.09 Å². The highest BCUT2D eigenvalue weighted by molar-refractivity contribution is 7.92. The molecule has 0 aromatic carbocycles. The average molecular weight is 369 g/mol. The van der Waals surface area contributed by atoms with Crippen LogP contribution in [0.2, 0.25) is 0 Å². The van der Waals surface area contributed by atoms with Crippen molar-refractivity contribution in [2.24, 2.45) is 0 Å². The summed E-state index contributed by atoms with van der Waals surface area (Å²) < 4.78 is 55.9. The molecule has 0 N–H and O–H groups in total. The van der Waals surface area contributed by atoms with Crippen LogP contribution in [-0.2, 0) is 14.6 Å². The number of halogens is 2. The molecule has 5 nitrogen and oxygen atoms in total. The van der Waals surface area contributed by atoms with Crippen LogP contribution in [0.15, 0.2) is 0 Å². The lowest BCUT2D eigenvalue weighted by molar-refractivity contribution is -0.0328. The zero-order valence-corrected chi connectivity index (χ0v) is 15.8. The topological polar surface area (TPSA) is 63.7 Å². The normalized spacial score (nSPS) is 19.1. The third-order valence-electron chi connectivity index (χ3n) is 4.05. The molecular formula is C16H29F2NO4S. The third-order valence-corrected chi connectivity index (χ3v) is 6.39. The number of hydrogen-bond donors (Lipinski definition) is 0. The first-order valence-electron chi connectivity index (χ1n) is 8.36. The van der Waals surface area contributed by atoms with Crippen molar-refractivity contribution in [2.75, 3.05) is 19.3 Å². The summed E-state index contributed by atoms with van der Waals surface area (Å²) in [5.41, 5.74) is -0.572. The molecule has 24 heavy (non-hydrogen) atoms. The van der Waals surface area contributed by atoms with Crippen molar-refractivity contribution in [2.45, 2.75) is 76.1 Å². The van der Waals surface area contributed by atoms with Crippen molar-refractivity contribution in [1.29, 1.82) is 0 Å². The van der Waals surface area contributed by atoms with Gasteiger partial charge in [0.15, 0.2) is 9.84 Å². The molecule has 0 unspecified atom stereocenters. The van der Waals surface area contributed by atoms with Gasteiger partial charge in [0.2, 0.25) is 5.92 Å². The molecule has 0 saturated heterocycles. The molecule has 1 aliphatic rings. The smallest absolute Gasteiger partial charge is 0.410 e. The molecule has 0 aliphatic heterocycles. The lowest BCUT2D eigenvalue weighted by atomic mass is 9.96. The van der Waals surface area contributed by atoms with E-state index in [0.29, 0.717) is 19.4 Å². The Bertz CT molecular complexity index is 519. The van der Waals surface area contributed by atoms with Gasteiger partial charge < -0.3 is 9.64 Å². The number of rotatable bonds is 6. The van der Waals surface area contributed by atoms with E-state index in [1.54, 1.807) is 27.8 Å². The molecule has 142 valence electrons. The van der Waals surface area contributed by atoms with Crippen LogP contribution in [0.5, 0.6) is 0 Å². The van der Waals surface area contributed by atoms with Gasteiger partial charge in [-0.05, 0) is 46.5 Å². The summed E-state index contributed by atoms with van der Waals surface area (Å²) >= 11 is 0. The Balaban J connectivity index is 2.32. The highest BCUT2D eigenvalue weighted by Gasteiger charge is 2.39. The van der Waals surface area contributed by atoms with Crippen LogP contribution in [0.1, 0.15) is 59.3 Å². The van der Waals surface area contributed by atoms with Gasteiger partial charge in [0.25, 0.3) is 0 Å². The molecule has 1 rings (SSSR count). The quantitative estimate of drug-likeness (QED) is 0.671. The minimum absolute atomic E-state index is 0.0224. The Morgan fingerprint density at radius 3 is 2.25 bits per heavy atom. The molecule has 1 fully saturated rings. The zero-order chi connectivity index (χ0) is 18.6. The van der Waals surface area contributed by atoms with E-state index < -0.39 is 32.7 Å². The van der Waals surface area contributed by atoms with E-state index in [1.165, 1.54) is 4.90 Å². The van der Waals surface area contributed by atoms with Crippen LogP contribution in [0.3, 0.4) is 0 Å². The highest BCUT2D eigenvalue weighted by Crippen LogP contribution is 2.36. The molecule has 0 heterocycles. The first-order chi connectivity index (χ1) is 10.8. The maximum Gasteiger partial charge on any atom is 0.410 e. The van der Waals surface area contributed by atoms with Crippen molar-refractivity contribution in [3.8, 4) is 0 Å². The molecule has 0 atom stereocenters. The van der Waals surface area contributed by atoms with Crippen molar-refractivity contribution in [3.05, 3.63) is 0 Å². The van der Waals surface area contributed by atoms with Crippen LogP contribution in [0.25, 0.3) is 0 Å². The fourth-order valence-electron chi connectivity index (χ4n) is 2.62. The van der Waals surface area contributed by atoms with Gasteiger partial charge in [-0.2, -0.15) is 0 Å². The van der Waals surface area contributed by atoms with Gasteiger partial charge in [-0.25, -0.2) is 22.0 Å². The molecule has 0 aromatic rings. The number of carbonyl (C=O) groups excluding carboxylic acids is 1. The van der Waals surface area contributed by atoms with Crippen molar-refractivity contribution in [1.82, 2.24) is 4.90 Å². The summed E-state index contributed by atoms with van der Waals surface area (Å²) in [5.74, 6) is -2.74. The van der Waals surface area contributed by atoms with Crippen LogP contribution in [0, 0.1) is 0 Å². The second kappa shape index (κ2) is 7.97. The Morgan fingerprint density at radius 2 is 1.75 bits per heavy atom. The molecule has 0 radical (unpaired) electrons. The van der Waals surface area contributed by atoms with E-state index in [9.17, 15) is 22.0 Å². The van der Waals surface area contributed by atoms with E-state index >= 15 is 0 Å². The summed E-state index contributed by atoms with van der Waals surface area (Å²) in [7, 11) is -1.75. The zero-order valence-electron chi connectivity index (χ0n) is 15.0. The Morgan fingerprint density at radius 1 is 1.21 bits per heavy atom. The maximum absolute atomic E-state index is 13.1. The van der Waals surface area contributed by atoms with E-state index in [0.717, 1.165) is 0 Å². The molecule has 1 amide bonds. The van der Waals surface area contributed by atoms with Crippen molar-refractivity contribution >= 4 is 15.9 Å². The molecule has 0 bridgehead atoms. The fraction of sp³-hybridized carbons (Fsp3) is 0.938. The summed E-state index contributed by atoms with van der Waals surface area (Å²) in [5, 5.41) is -0.652. The van der Waals surface area contributed by atoms with E-state index in [-0.39, 0.29) is 31.4 Å². The Kier molecular flexibility index (Phi) is 7.02. The molecule has 1 saturated carbocycles. The SMILES string of the molecule is CN(CCCCS(=O)(=O)C1CCC(F)(F)CC1)C(=O)OC(C)(C)C. The van der Waals surface area contributed by atoms with Crippen molar-refractivity contribution in [3.63, 3.8) is 0 Å². The average Bonchev–Trinajstić information content (AvgIpc) is 2.41. The predicted octanol–water partition coefficient (Wildman–Crippen LogP) is 3.63. The number of hydrogen-bond acceptors (Lipinski definition) is 4. The van der Waals surface area contributed by atoms with Crippen LogP contribution < -0.4 is 0 Å². The number of sulfone groups is 1. The molecule has 0 aromatic heterocycles. The van der Waals surface area contributed by atoms with Gasteiger partial charge in [-0.1, -0.05) is 0 Å². The number of carbonyl (C=O) groups is 1. The van der Waals surface area contributed by atoms with Crippen molar-refractivity contribution < 1.29 is 26.7 Å². The van der Waals surface area contributed by atoms with Crippen LogP contribution in [-0.4, -0.2) is 55.5 Å². The lowest BCUT2D eigenvalue weighted by Gasteiger charge is -2.28. The van der Waals surface area contributed by atoms with Crippen LogP contribution >= 0.6 is 0 Å². The van der Waals surface area contributed by atoms with E-state index in [1.807, 2.05) is 0 Å². The second-order valence-electron chi connectivity index (χ2n) is 7.53. The Labute approximate surface area is 143 Å². The predicted molar refractivity (Wildman–Crippen MR) is 89.1 cm³/mol. The summed E-state index contributed by atoms with van der Waals surface area (Å²) in [6.07, 6.45) is -0.142. The number of nitrogens with zero attached hydrogens (tertiary/aromatic N) is 1. The fourth-order valence-corrected chi connectivity index (χ4v) is 4.52. The summed E-state index contributed by atoms with van der Waals surface area (Å²) in [6.45, 7) is 5.73. The van der Waals surface area contributed by atoms with Gasteiger partial charge in [0.1, 0.15) is 5.60 Å². The molecule has 8 heteroatoms. The van der Waals surface area contributed by atoms with Gasteiger partial charge in [-0.3, -0.25) is 0 Å². The summed E-state index contributed by atoms with van der Waals surface area (Å²) in [4.78, 5) is 13.2. The van der Waals surface area contributed by atoms with E-state index in [2.05, 4.69) is 0 Å². The lowest BCUT2D eigenvalue weighted by Crippen LogP contribution is -2.35. The molecular weight excluding hydrogens is 340 g/mol. The number of alkyl halides is 2. The second-order valence-corrected chi connectivity index (χ2v) is 9.93. The number of amides is 1. The van der Waals surface area contributed by atoms with Gasteiger partial charge in [0, 0.05) is 26.4 Å². The van der Waals surface area contributed by atoms with Crippen LogP contribution in [0.4, 0.5) is 13.6 Å². The Hall–Kier alpha value is -0.920. The first-order valence-corrected chi connectivity index (χ1v) is 10.1. The minimum Gasteiger partial charge on any atom is -0.444 e. The van der Waals surface area contributed by atoms with Gasteiger partial charge in [0.05, 0.1) is 11.0 Å². The minimum atomic E-state index is -3.35. The molecule has 1 aliphatic carbocycles. The maximum atomic E-state index is 13.1. The largest absolute Gasteiger partial charge is 0.444 e. The molecule has 0 spiro atoms. The third kappa shape index (κ3) is 7.32. The number of ether oxygens (including phenoxy) is 1. The highest BCUT2D eigenvalue weighted by atomic mass is 32.2. The van der Waals surface area contributed by atoms with E-state index in [4.69, 9.17) is 4.74 Å². The summed E-state index contributed by atoms with van der Waals surface area (Å²) in [6, 6.07) is 0. The van der Waals surface area contributed by atoms with Gasteiger partial charge in [-0.15, -0.1) is 0 Å². The first kappa shape index (κ1) is 21.1.